The van der Waals surface area contributed by atoms with Gasteiger partial charge in [0, 0.05) is 66.4 Å². The summed E-state index contributed by atoms with van der Waals surface area (Å²) in [6, 6.07) is 14.7. The van der Waals surface area contributed by atoms with Gasteiger partial charge in [-0.25, -0.2) is 9.67 Å². The van der Waals surface area contributed by atoms with Gasteiger partial charge in [-0.05, 0) is 71.3 Å². The molecular weight excluding hydrogens is 658 g/mol. The van der Waals surface area contributed by atoms with Gasteiger partial charge in [-0.3, -0.25) is 14.4 Å². The van der Waals surface area contributed by atoms with Crippen LogP contribution in [0.5, 0.6) is 0 Å². The fourth-order valence-electron chi connectivity index (χ4n) is 6.67. The van der Waals surface area contributed by atoms with E-state index in [-0.39, 0.29) is 34.3 Å². The molecule has 52 heavy (non-hydrogen) atoms. The Morgan fingerprint density at radius 1 is 0.981 bits per heavy atom. The molecule has 0 spiro atoms. The summed E-state index contributed by atoms with van der Waals surface area (Å²) < 4.78 is 6.63. The Bertz CT molecular complexity index is 2090. The minimum absolute atomic E-state index is 0.0520. The van der Waals surface area contributed by atoms with Crippen molar-refractivity contribution in [2.75, 3.05) is 36.6 Å². The van der Waals surface area contributed by atoms with Gasteiger partial charge in [0.1, 0.15) is 5.69 Å². The van der Waals surface area contributed by atoms with Crippen LogP contribution in [-0.2, 0) is 36.6 Å². The molecule has 12 nitrogen and oxygen atoms in total. The maximum Gasteiger partial charge on any atom is 0.290 e. The molecular formula is C40H47N7O5. The van der Waals surface area contributed by atoms with Crippen molar-refractivity contribution >= 4 is 34.7 Å². The molecule has 1 fully saturated rings. The van der Waals surface area contributed by atoms with Crippen LogP contribution in [0.15, 0.2) is 64.6 Å². The first-order valence-electron chi connectivity index (χ1n) is 17.9. The number of anilines is 3. The number of ether oxygens (including phenoxy) is 1. The molecule has 272 valence electrons. The van der Waals surface area contributed by atoms with Crippen LogP contribution in [0.3, 0.4) is 0 Å². The standard InChI is InChI=1S/C40H47N7O5/c1-7-9-29-22-27-21-28(40(3,4)5)11-12-30(27)38(50)47(43-29)36-32(24-48)31(14-15-41-36)34-23-35(39(51)45(6)44-34)42-33-13-10-26(20-25(33)8-2)37(49)46-16-18-52-19-17-46/h10-15,20-21,23,42,48H,7-9,16-19,22,24H2,1-6H3. The van der Waals surface area contributed by atoms with E-state index in [1.54, 1.807) is 36.3 Å². The number of amides is 2. The van der Waals surface area contributed by atoms with E-state index in [1.165, 1.54) is 9.69 Å². The molecule has 1 saturated heterocycles. The topological polar surface area (TPSA) is 142 Å². The first-order valence-corrected chi connectivity index (χ1v) is 17.9. The molecule has 6 rings (SSSR count). The number of aryl methyl sites for hydroxylation is 2. The number of hydrogen-bond acceptors (Lipinski definition) is 9. The molecule has 0 saturated carbocycles. The number of carbonyl (C=O) groups is 2. The quantitative estimate of drug-likeness (QED) is 0.224. The summed E-state index contributed by atoms with van der Waals surface area (Å²) in [5, 5.41) is 24.8. The fourth-order valence-corrected chi connectivity index (χ4v) is 6.67. The number of nitrogens with one attached hydrogen (secondary N) is 1. The Morgan fingerprint density at radius 2 is 1.75 bits per heavy atom. The molecule has 2 aromatic carbocycles. The summed E-state index contributed by atoms with van der Waals surface area (Å²) in [5.41, 5.74) is 6.61. The molecule has 2 aliphatic rings. The maximum atomic E-state index is 14.2. The van der Waals surface area contributed by atoms with Crippen molar-refractivity contribution in [1.29, 1.82) is 0 Å². The number of morpholine rings is 1. The fraction of sp³-hybridized carbons (Fsp3) is 0.400. The van der Waals surface area contributed by atoms with Crippen LogP contribution in [0.2, 0.25) is 0 Å². The highest BCUT2D eigenvalue weighted by Gasteiger charge is 2.30. The smallest absolute Gasteiger partial charge is 0.290 e. The Hall–Kier alpha value is -5.20. The Morgan fingerprint density at radius 3 is 2.44 bits per heavy atom. The molecule has 0 bridgehead atoms. The average molecular weight is 706 g/mol. The van der Waals surface area contributed by atoms with E-state index in [0.29, 0.717) is 79.2 Å². The number of rotatable bonds is 9. The summed E-state index contributed by atoms with van der Waals surface area (Å²) in [5.74, 6) is -0.187. The summed E-state index contributed by atoms with van der Waals surface area (Å²) in [6.45, 7) is 12.2. The van der Waals surface area contributed by atoms with E-state index < -0.39 is 6.61 Å². The molecule has 2 amide bonds. The zero-order chi connectivity index (χ0) is 37.2. The molecule has 4 aromatic rings. The van der Waals surface area contributed by atoms with Crippen molar-refractivity contribution in [2.45, 2.75) is 72.3 Å². The lowest BCUT2D eigenvalue weighted by atomic mass is 9.84. The highest BCUT2D eigenvalue weighted by Crippen LogP contribution is 2.34. The van der Waals surface area contributed by atoms with Crippen LogP contribution in [0, 0.1) is 0 Å². The Labute approximate surface area is 304 Å². The molecule has 0 unspecified atom stereocenters. The Balaban J connectivity index is 1.38. The molecule has 2 aromatic heterocycles. The number of aliphatic hydroxyl groups is 1. The monoisotopic (exact) mass is 705 g/mol. The van der Waals surface area contributed by atoms with Crippen LogP contribution in [-0.4, -0.2) is 68.6 Å². The second kappa shape index (κ2) is 15.2. The second-order valence-electron chi connectivity index (χ2n) is 14.3. The van der Waals surface area contributed by atoms with E-state index in [1.807, 2.05) is 31.2 Å². The molecule has 2 N–H and O–H groups in total. The third-order valence-corrected chi connectivity index (χ3v) is 9.60. The zero-order valence-corrected chi connectivity index (χ0v) is 30.8. The minimum atomic E-state index is -0.456. The van der Waals surface area contributed by atoms with Crippen molar-refractivity contribution in [3.8, 4) is 11.3 Å². The number of pyridine rings is 1. The summed E-state index contributed by atoms with van der Waals surface area (Å²) in [4.78, 5) is 47.2. The first-order chi connectivity index (χ1) is 24.9. The van der Waals surface area contributed by atoms with E-state index in [0.717, 1.165) is 28.8 Å². The van der Waals surface area contributed by atoms with Gasteiger partial charge in [0.15, 0.2) is 5.82 Å². The zero-order valence-electron chi connectivity index (χ0n) is 30.8. The molecule has 0 aliphatic carbocycles. The number of aliphatic hydroxyl groups excluding tert-OH is 1. The lowest BCUT2D eigenvalue weighted by Gasteiger charge is -2.27. The van der Waals surface area contributed by atoms with Crippen LogP contribution in [0.1, 0.15) is 90.4 Å². The lowest BCUT2D eigenvalue weighted by Crippen LogP contribution is -2.40. The number of aromatic nitrogens is 3. The van der Waals surface area contributed by atoms with Crippen molar-refractivity contribution in [2.24, 2.45) is 12.1 Å². The second-order valence-corrected chi connectivity index (χ2v) is 14.3. The third kappa shape index (κ3) is 7.40. The average Bonchev–Trinajstić information content (AvgIpc) is 3.28. The van der Waals surface area contributed by atoms with Crippen LogP contribution < -0.4 is 15.9 Å². The number of fused-ring (bicyclic) bond motifs is 1. The highest BCUT2D eigenvalue weighted by atomic mass is 16.5. The predicted molar refractivity (Wildman–Crippen MR) is 202 cm³/mol. The molecule has 12 heteroatoms. The van der Waals surface area contributed by atoms with E-state index in [2.05, 4.69) is 49.2 Å². The van der Waals surface area contributed by atoms with Gasteiger partial charge in [0.25, 0.3) is 17.4 Å². The normalized spacial score (nSPS) is 14.9. The SMILES string of the molecule is CCCC1=NN(c2nccc(-c3cc(Nc4ccc(C(=O)N5CCOCC5)cc4CC)c(=O)n(C)n3)c2CO)C(=O)c2ccc(C(C)(C)C)cc2C1. The number of nitrogens with zero attached hydrogens (tertiary/aromatic N) is 6. The number of hydrogen-bond donors (Lipinski definition) is 2. The van der Waals surface area contributed by atoms with Gasteiger partial charge in [-0.15, -0.1) is 0 Å². The van der Waals surface area contributed by atoms with Crippen molar-refractivity contribution in [1.82, 2.24) is 19.7 Å². The number of benzene rings is 2. The van der Waals surface area contributed by atoms with E-state index in [4.69, 9.17) is 9.84 Å². The van der Waals surface area contributed by atoms with E-state index >= 15 is 0 Å². The largest absolute Gasteiger partial charge is 0.392 e. The maximum absolute atomic E-state index is 14.2. The lowest BCUT2D eigenvalue weighted by molar-refractivity contribution is 0.0303. The van der Waals surface area contributed by atoms with Gasteiger partial charge < -0.3 is 20.1 Å². The summed E-state index contributed by atoms with van der Waals surface area (Å²) in [6.07, 6.45) is 4.25. The Kier molecular flexibility index (Phi) is 10.7. The van der Waals surface area contributed by atoms with Gasteiger partial charge >= 0.3 is 0 Å². The van der Waals surface area contributed by atoms with Crippen molar-refractivity contribution in [3.63, 3.8) is 0 Å². The van der Waals surface area contributed by atoms with Crippen LogP contribution >= 0.6 is 0 Å². The molecule has 2 aliphatic heterocycles. The van der Waals surface area contributed by atoms with Gasteiger partial charge in [-0.2, -0.15) is 15.2 Å². The minimum Gasteiger partial charge on any atom is -0.392 e. The van der Waals surface area contributed by atoms with Crippen LogP contribution in [0.4, 0.5) is 17.2 Å². The molecule has 0 atom stereocenters. The van der Waals surface area contributed by atoms with Gasteiger partial charge in [0.2, 0.25) is 0 Å². The summed E-state index contributed by atoms with van der Waals surface area (Å²) >= 11 is 0. The van der Waals surface area contributed by atoms with E-state index in [9.17, 15) is 19.5 Å². The van der Waals surface area contributed by atoms with Gasteiger partial charge in [0.05, 0.1) is 25.5 Å². The van der Waals surface area contributed by atoms with Crippen molar-refractivity contribution < 1.29 is 19.4 Å². The van der Waals surface area contributed by atoms with Crippen molar-refractivity contribution in [3.05, 3.63) is 98.5 Å². The molecule has 4 heterocycles. The number of hydrazone groups is 1. The third-order valence-electron chi connectivity index (χ3n) is 9.60. The predicted octanol–water partition coefficient (Wildman–Crippen LogP) is 5.77. The highest BCUT2D eigenvalue weighted by molar-refractivity contribution is 6.10. The molecule has 0 radical (unpaired) electrons. The first kappa shape index (κ1) is 36.6. The van der Waals surface area contributed by atoms with Gasteiger partial charge in [-0.1, -0.05) is 53.2 Å². The number of carbonyl (C=O) groups excluding carboxylic acids is 2. The van der Waals surface area contributed by atoms with Crippen LogP contribution in [0.25, 0.3) is 11.3 Å². The summed E-state index contributed by atoms with van der Waals surface area (Å²) in [7, 11) is 1.56.